The molecule has 1 aliphatic heterocycles. The summed E-state index contributed by atoms with van der Waals surface area (Å²) in [7, 11) is -3.94. The van der Waals surface area contributed by atoms with Crippen molar-refractivity contribution in [3.05, 3.63) is 55.6 Å². The van der Waals surface area contributed by atoms with Gasteiger partial charge in [0.05, 0.1) is 11.8 Å². The summed E-state index contributed by atoms with van der Waals surface area (Å²) in [5.41, 5.74) is -3.42. The fourth-order valence-corrected chi connectivity index (χ4v) is 7.45. The molecule has 3 heterocycles. The normalized spacial score (nSPS) is 19.5. The predicted molar refractivity (Wildman–Crippen MR) is 195 cm³/mol. The lowest BCUT2D eigenvalue weighted by atomic mass is 9.85. The van der Waals surface area contributed by atoms with E-state index in [1.165, 1.54) is 17.9 Å². The lowest BCUT2D eigenvalue weighted by molar-refractivity contribution is -0.143. The molecule has 17 heteroatoms. The molecule has 0 unspecified atom stereocenters. The number of benzene rings is 1. The number of hydrogen-bond acceptors (Lipinski definition) is 11. The van der Waals surface area contributed by atoms with Gasteiger partial charge in [-0.25, -0.2) is 18.2 Å². The van der Waals surface area contributed by atoms with Crippen LogP contribution in [0.25, 0.3) is 16.6 Å². The van der Waals surface area contributed by atoms with Crippen molar-refractivity contribution in [3.63, 3.8) is 0 Å². The number of carbonyl (C=O) groups is 4. The zero-order valence-corrected chi connectivity index (χ0v) is 31.9. The van der Waals surface area contributed by atoms with Gasteiger partial charge in [-0.2, -0.15) is 0 Å². The highest BCUT2D eigenvalue weighted by atomic mass is 32.2. The Morgan fingerprint density at radius 2 is 1.72 bits per heavy atom. The standard InChI is InChI=1S/C36H48N8O8S/c1-9-16-36(8,32(47)42-53(49,50)23-14-15-23)39-29(45)26-19-22(20-44(26)31(46)27(34(2,3)4)38-33(48)52-35(5,6)7)51-30-25-13-11-10-12-24(25)28(40-41-30)43-18-17-37-21-43/h9-13,17-18,21-23,26-27H,1,14-16,19-20H2,2-8H3,(H,38,48)(H,39,45)(H,42,47)/t22-,26+,27-,36-/m1/s1. The van der Waals surface area contributed by atoms with Gasteiger partial charge in [0.1, 0.15) is 35.7 Å². The third kappa shape index (κ3) is 9.12. The fraction of sp³-hybridized carbons (Fsp3) is 0.528. The molecule has 2 fully saturated rings. The number of rotatable bonds is 12. The van der Waals surface area contributed by atoms with Crippen molar-refractivity contribution in [1.82, 2.24) is 40.0 Å². The number of ether oxygens (including phenoxy) is 2. The molecular formula is C36H48N8O8S. The van der Waals surface area contributed by atoms with Crippen LogP contribution in [-0.2, 0) is 29.1 Å². The van der Waals surface area contributed by atoms with Crippen LogP contribution >= 0.6 is 0 Å². The molecule has 0 spiro atoms. The van der Waals surface area contributed by atoms with Gasteiger partial charge in [-0.05, 0) is 58.4 Å². The summed E-state index contributed by atoms with van der Waals surface area (Å²) in [5.74, 6) is -1.56. The van der Waals surface area contributed by atoms with Crippen LogP contribution in [-0.4, -0.2) is 98.0 Å². The van der Waals surface area contributed by atoms with Gasteiger partial charge in [-0.1, -0.05) is 45.0 Å². The molecule has 1 aliphatic carbocycles. The Morgan fingerprint density at radius 1 is 1.04 bits per heavy atom. The fourth-order valence-electron chi connectivity index (χ4n) is 6.05. The smallest absolute Gasteiger partial charge is 0.408 e. The van der Waals surface area contributed by atoms with Gasteiger partial charge >= 0.3 is 6.09 Å². The first-order valence-electron chi connectivity index (χ1n) is 17.4. The molecule has 2 aromatic heterocycles. The van der Waals surface area contributed by atoms with E-state index in [-0.39, 0.29) is 25.3 Å². The number of nitrogens with one attached hydrogen (secondary N) is 3. The second kappa shape index (κ2) is 14.8. The van der Waals surface area contributed by atoms with Crippen LogP contribution in [0.4, 0.5) is 4.79 Å². The van der Waals surface area contributed by atoms with Crippen LogP contribution in [0.15, 0.2) is 55.6 Å². The summed E-state index contributed by atoms with van der Waals surface area (Å²) in [6.45, 7) is 15.4. The summed E-state index contributed by atoms with van der Waals surface area (Å²) in [5, 5.41) is 14.8. The minimum atomic E-state index is -3.94. The van der Waals surface area contributed by atoms with E-state index >= 15 is 0 Å². The average molecular weight is 753 g/mol. The SMILES string of the molecule is C=CC[C@@](C)(NC(=O)[C@@H]1C[C@@H](Oc2nnc(-n3ccnc3)c3ccccc23)CN1C(=O)[C@@H](NC(=O)OC(C)(C)C)C(C)(C)C)C(=O)NS(=O)(=O)C1CC1. The topological polar surface area (TPSA) is 204 Å². The van der Waals surface area contributed by atoms with Crippen molar-refractivity contribution in [1.29, 1.82) is 0 Å². The molecule has 3 aromatic rings. The molecule has 53 heavy (non-hydrogen) atoms. The van der Waals surface area contributed by atoms with Gasteiger partial charge in [0.25, 0.3) is 5.91 Å². The van der Waals surface area contributed by atoms with Crippen LogP contribution in [0, 0.1) is 5.41 Å². The van der Waals surface area contributed by atoms with Gasteiger partial charge < -0.3 is 25.0 Å². The Balaban J connectivity index is 1.47. The predicted octanol–water partition coefficient (Wildman–Crippen LogP) is 3.16. The van der Waals surface area contributed by atoms with Crippen molar-refractivity contribution in [2.75, 3.05) is 6.54 Å². The molecule has 0 radical (unpaired) electrons. The summed E-state index contributed by atoms with van der Waals surface area (Å²) in [6, 6.07) is 4.99. The minimum absolute atomic E-state index is 0.0354. The molecule has 2 aliphatic rings. The van der Waals surface area contributed by atoms with Crippen molar-refractivity contribution < 1.29 is 37.1 Å². The van der Waals surface area contributed by atoms with Gasteiger partial charge in [-0.15, -0.1) is 16.8 Å². The number of imidazole rings is 1. The van der Waals surface area contributed by atoms with Crippen LogP contribution in [0.3, 0.4) is 0 Å². The second-order valence-corrected chi connectivity index (χ2v) is 17.7. The van der Waals surface area contributed by atoms with Gasteiger partial charge in [-0.3, -0.25) is 23.7 Å². The molecule has 1 saturated carbocycles. The van der Waals surface area contributed by atoms with Gasteiger partial charge in [0.2, 0.25) is 27.7 Å². The maximum absolute atomic E-state index is 14.5. The molecule has 5 rings (SSSR count). The maximum Gasteiger partial charge on any atom is 0.408 e. The van der Waals surface area contributed by atoms with Crippen LogP contribution in [0.2, 0.25) is 0 Å². The highest BCUT2D eigenvalue weighted by Gasteiger charge is 2.49. The molecule has 16 nitrogen and oxygen atoms in total. The minimum Gasteiger partial charge on any atom is -0.471 e. The largest absolute Gasteiger partial charge is 0.471 e. The summed E-state index contributed by atoms with van der Waals surface area (Å²) in [6.07, 6.45) is 5.47. The highest BCUT2D eigenvalue weighted by molar-refractivity contribution is 7.91. The quantitative estimate of drug-likeness (QED) is 0.229. The number of carbonyl (C=O) groups excluding carboxylic acids is 4. The van der Waals surface area contributed by atoms with Crippen molar-refractivity contribution in [2.24, 2.45) is 5.41 Å². The molecule has 1 saturated heterocycles. The third-order valence-electron chi connectivity index (χ3n) is 8.93. The van der Waals surface area contributed by atoms with E-state index in [9.17, 15) is 27.6 Å². The Hall–Kier alpha value is -5.06. The monoisotopic (exact) mass is 752 g/mol. The Bertz CT molecular complexity index is 1990. The Labute approximate surface area is 309 Å². The number of fused-ring (bicyclic) bond motifs is 1. The number of amides is 4. The van der Waals surface area contributed by atoms with Crippen LogP contribution < -0.4 is 20.1 Å². The number of sulfonamides is 1. The number of alkyl carbamates (subject to hydrolysis) is 1. The average Bonchev–Trinajstić information content (AvgIpc) is 3.63. The Kier molecular flexibility index (Phi) is 10.9. The van der Waals surface area contributed by atoms with E-state index < -0.39 is 73.8 Å². The molecule has 1 aromatic carbocycles. The molecule has 3 N–H and O–H groups in total. The van der Waals surface area contributed by atoms with Crippen molar-refractivity contribution in [2.45, 2.75) is 109 Å². The number of nitrogens with zero attached hydrogens (tertiary/aromatic N) is 5. The maximum atomic E-state index is 14.5. The summed E-state index contributed by atoms with van der Waals surface area (Å²) >= 11 is 0. The summed E-state index contributed by atoms with van der Waals surface area (Å²) in [4.78, 5) is 60.6. The van der Waals surface area contributed by atoms with Gasteiger partial charge in [0.15, 0.2) is 5.82 Å². The molecule has 4 atom stereocenters. The van der Waals surface area contributed by atoms with E-state index in [1.54, 1.807) is 64.8 Å². The lowest BCUT2D eigenvalue weighted by Crippen LogP contribution is -2.62. The first-order valence-corrected chi connectivity index (χ1v) is 19.0. The Morgan fingerprint density at radius 3 is 2.30 bits per heavy atom. The first kappa shape index (κ1) is 39.2. The van der Waals surface area contributed by atoms with Crippen LogP contribution in [0.5, 0.6) is 5.88 Å². The number of aromatic nitrogens is 4. The lowest BCUT2D eigenvalue weighted by Gasteiger charge is -2.36. The van der Waals surface area contributed by atoms with Crippen molar-refractivity contribution in [3.8, 4) is 11.7 Å². The molecule has 286 valence electrons. The zero-order chi connectivity index (χ0) is 38.9. The number of hydrogen-bond donors (Lipinski definition) is 3. The molecule has 0 bridgehead atoms. The summed E-state index contributed by atoms with van der Waals surface area (Å²) < 4.78 is 41.0. The molecular weight excluding hydrogens is 705 g/mol. The van der Waals surface area contributed by atoms with Crippen LogP contribution in [0.1, 0.15) is 74.1 Å². The van der Waals surface area contributed by atoms with Gasteiger partial charge in [0, 0.05) is 29.6 Å². The van der Waals surface area contributed by atoms with E-state index in [1.807, 2.05) is 24.3 Å². The zero-order valence-electron chi connectivity index (χ0n) is 31.1. The second-order valence-electron chi connectivity index (χ2n) is 15.8. The van der Waals surface area contributed by atoms with E-state index in [0.29, 0.717) is 24.0 Å². The highest BCUT2D eigenvalue weighted by Crippen LogP contribution is 2.33. The van der Waals surface area contributed by atoms with E-state index in [0.717, 1.165) is 5.39 Å². The van der Waals surface area contributed by atoms with E-state index in [4.69, 9.17) is 9.47 Å². The van der Waals surface area contributed by atoms with Crippen molar-refractivity contribution >= 4 is 44.6 Å². The first-order chi connectivity index (χ1) is 24.7. The number of likely N-dealkylation sites (tertiary alicyclic amines) is 1. The third-order valence-corrected chi connectivity index (χ3v) is 10.8. The molecule has 4 amide bonds. The van der Waals surface area contributed by atoms with E-state index in [2.05, 4.69) is 37.1 Å².